The first-order valence-electron chi connectivity index (χ1n) is 10.5. The van der Waals surface area contributed by atoms with Crippen molar-refractivity contribution < 1.29 is 41.8 Å². The number of aliphatic hydroxyl groups excluding tert-OH is 1. The molecule has 0 aliphatic rings. The molecule has 0 saturated carbocycles. The molecule has 0 heterocycles. The molecule has 0 aliphatic carbocycles. The molecular weight excluding hydrogens is 422 g/mol. The van der Waals surface area contributed by atoms with Crippen LogP contribution in [0.4, 0.5) is 0 Å². The first-order valence-corrected chi connectivity index (χ1v) is 13.5. The van der Waals surface area contributed by atoms with Crippen molar-refractivity contribution in [2.45, 2.75) is 90.9 Å². The van der Waals surface area contributed by atoms with Crippen molar-refractivity contribution in [1.82, 2.24) is 0 Å². The van der Waals surface area contributed by atoms with Crippen molar-refractivity contribution in [2.24, 2.45) is 0 Å². The largest absolute Gasteiger partial charge is 0.538 e. The van der Waals surface area contributed by atoms with E-state index < -0.39 is 28.2 Å². The maximum atomic E-state index is 12.7. The minimum Gasteiger partial charge on any atom is -0.385 e. The third-order valence-electron chi connectivity index (χ3n) is 4.04. The Morgan fingerprint density at radius 3 is 1.59 bits per heavy atom. The van der Waals surface area contributed by atoms with E-state index in [1.54, 1.807) is 0 Å². The van der Waals surface area contributed by atoms with E-state index in [0.29, 0.717) is 12.8 Å². The zero-order valence-corrected chi connectivity index (χ0v) is 19.5. The van der Waals surface area contributed by atoms with Crippen molar-refractivity contribution >= 4 is 21.6 Å². The predicted molar refractivity (Wildman–Crippen MR) is 110 cm³/mol. The van der Waals surface area contributed by atoms with Gasteiger partial charge in [0, 0.05) is 0 Å². The number of unbranched alkanes of at least 4 members (excludes halogenated alkanes) is 10. The fourth-order valence-corrected chi connectivity index (χ4v) is 5.12. The van der Waals surface area contributed by atoms with Crippen LogP contribution in [-0.4, -0.2) is 35.8 Å². The summed E-state index contributed by atoms with van der Waals surface area (Å²) in [5.74, 6) is -1.38. The number of aliphatic hydroxyl groups is 1. The maximum Gasteiger partial charge on any atom is 0.538 e. The maximum absolute atomic E-state index is 12.7. The normalized spacial score (nSPS) is 13.9. The van der Waals surface area contributed by atoms with E-state index in [0.717, 1.165) is 64.2 Å². The molecule has 0 aliphatic heterocycles. The van der Waals surface area contributed by atoms with Gasteiger partial charge in [-0.2, -0.15) is 4.31 Å². The van der Waals surface area contributed by atoms with Crippen LogP contribution in [0.2, 0.25) is 0 Å². The van der Waals surface area contributed by atoms with Crippen LogP contribution in [0.3, 0.4) is 0 Å². The Hall–Kier alpha value is -0.270. The van der Waals surface area contributed by atoms with E-state index in [2.05, 4.69) is 22.7 Å². The van der Waals surface area contributed by atoms with Crippen LogP contribution in [0, 0.1) is 0 Å². The van der Waals surface area contributed by atoms with Gasteiger partial charge in [-0.1, -0.05) is 78.1 Å². The summed E-state index contributed by atoms with van der Waals surface area (Å²) in [6.07, 6.45) is 11.6. The molecule has 2 N–H and O–H groups in total. The summed E-state index contributed by atoms with van der Waals surface area (Å²) in [4.78, 5) is 20.6. The second kappa shape index (κ2) is 17.4. The van der Waals surface area contributed by atoms with Gasteiger partial charge in [-0.25, -0.2) is 13.9 Å². The third-order valence-corrected chi connectivity index (χ3v) is 7.10. The standard InChI is InChI=1S/C18H38O9P2/c1-3-5-7-9-11-13-15-24-29(23,25-16-14-12-10-8-6-4-2)27-28(21,22)26-18(20)17-19/h19H,3-17H2,1-2H3,(H,21,22). The second-order valence-electron chi connectivity index (χ2n) is 6.82. The molecule has 0 amide bonds. The van der Waals surface area contributed by atoms with Crippen LogP contribution in [0.1, 0.15) is 90.9 Å². The van der Waals surface area contributed by atoms with Gasteiger partial charge >= 0.3 is 21.6 Å². The van der Waals surface area contributed by atoms with Crippen LogP contribution in [0.5, 0.6) is 0 Å². The van der Waals surface area contributed by atoms with Gasteiger partial charge in [0.15, 0.2) is 0 Å². The van der Waals surface area contributed by atoms with Gasteiger partial charge in [0.2, 0.25) is 0 Å². The highest BCUT2D eigenvalue weighted by atomic mass is 31.3. The monoisotopic (exact) mass is 460 g/mol. The molecule has 29 heavy (non-hydrogen) atoms. The number of carbonyl (C=O) groups is 1. The SMILES string of the molecule is CCCCCCCCOP(=O)(OCCCCCCCC)OP(=O)(O)OC(=O)CO. The van der Waals surface area contributed by atoms with Crippen molar-refractivity contribution in [3.05, 3.63) is 0 Å². The number of phosphoric ester groups is 2. The summed E-state index contributed by atoms with van der Waals surface area (Å²) in [5, 5.41) is 8.63. The lowest BCUT2D eigenvalue weighted by Gasteiger charge is -2.20. The molecule has 11 heteroatoms. The predicted octanol–water partition coefficient (Wildman–Crippen LogP) is 5.50. The zero-order valence-electron chi connectivity index (χ0n) is 17.8. The number of hydrogen-bond donors (Lipinski definition) is 2. The van der Waals surface area contributed by atoms with Crippen molar-refractivity contribution in [3.63, 3.8) is 0 Å². The molecule has 1 unspecified atom stereocenters. The van der Waals surface area contributed by atoms with Crippen LogP contribution in [-0.2, 0) is 31.8 Å². The Labute approximate surface area is 174 Å². The summed E-state index contributed by atoms with van der Waals surface area (Å²) in [5.41, 5.74) is 0. The van der Waals surface area contributed by atoms with Crippen molar-refractivity contribution in [2.75, 3.05) is 19.8 Å². The number of carbonyl (C=O) groups excluding carboxylic acids is 1. The highest BCUT2D eigenvalue weighted by Crippen LogP contribution is 2.63. The summed E-state index contributed by atoms with van der Waals surface area (Å²) in [7, 11) is -9.45. The van der Waals surface area contributed by atoms with Crippen LogP contribution in [0.15, 0.2) is 0 Å². The lowest BCUT2D eigenvalue weighted by molar-refractivity contribution is -0.138. The van der Waals surface area contributed by atoms with Crippen LogP contribution >= 0.6 is 15.6 Å². The molecule has 1 atom stereocenters. The average Bonchev–Trinajstić information content (AvgIpc) is 2.65. The summed E-state index contributed by atoms with van der Waals surface area (Å²) < 4.78 is 43.5. The van der Waals surface area contributed by atoms with E-state index in [1.807, 2.05) is 0 Å². The quantitative estimate of drug-likeness (QED) is 0.179. The number of rotatable bonds is 20. The summed E-state index contributed by atoms with van der Waals surface area (Å²) >= 11 is 0. The van der Waals surface area contributed by atoms with Gasteiger partial charge in [0.1, 0.15) is 6.61 Å². The lowest BCUT2D eigenvalue weighted by Crippen LogP contribution is -2.09. The molecule has 0 aromatic carbocycles. The van der Waals surface area contributed by atoms with Crippen molar-refractivity contribution in [1.29, 1.82) is 0 Å². The summed E-state index contributed by atoms with van der Waals surface area (Å²) in [6, 6.07) is 0. The van der Waals surface area contributed by atoms with Crippen LogP contribution in [0.25, 0.3) is 0 Å². The van der Waals surface area contributed by atoms with E-state index >= 15 is 0 Å². The molecule has 0 fully saturated rings. The Balaban J connectivity index is 4.54. The molecule has 9 nitrogen and oxygen atoms in total. The van der Waals surface area contributed by atoms with E-state index in [9.17, 15) is 18.8 Å². The molecule has 0 spiro atoms. The fourth-order valence-electron chi connectivity index (χ4n) is 2.50. The highest BCUT2D eigenvalue weighted by molar-refractivity contribution is 7.62. The zero-order chi connectivity index (χ0) is 22.0. The highest BCUT2D eigenvalue weighted by Gasteiger charge is 2.40. The average molecular weight is 460 g/mol. The molecule has 0 rings (SSSR count). The molecule has 0 aromatic rings. The first-order chi connectivity index (χ1) is 13.8. The van der Waals surface area contributed by atoms with E-state index in [-0.39, 0.29) is 13.2 Å². The van der Waals surface area contributed by atoms with Gasteiger partial charge in [-0.15, -0.1) is 0 Å². The lowest BCUT2D eigenvalue weighted by atomic mass is 10.1. The Morgan fingerprint density at radius 1 is 0.759 bits per heavy atom. The fraction of sp³-hybridized carbons (Fsp3) is 0.944. The third kappa shape index (κ3) is 17.1. The molecule has 0 bridgehead atoms. The minimum atomic E-state index is -5.05. The Bertz CT molecular complexity index is 492. The molecule has 0 radical (unpaired) electrons. The summed E-state index contributed by atoms with van der Waals surface area (Å²) in [6.45, 7) is 3.17. The first kappa shape index (κ1) is 28.7. The second-order valence-corrected chi connectivity index (χ2v) is 10.0. The van der Waals surface area contributed by atoms with Gasteiger partial charge in [-0.3, -0.25) is 13.9 Å². The molecule has 174 valence electrons. The van der Waals surface area contributed by atoms with Gasteiger partial charge in [0.05, 0.1) is 13.2 Å². The van der Waals surface area contributed by atoms with Gasteiger partial charge in [0.25, 0.3) is 0 Å². The molecule has 0 aromatic heterocycles. The Morgan fingerprint density at radius 2 is 1.17 bits per heavy atom. The topological polar surface area (TPSA) is 129 Å². The molecule has 0 saturated heterocycles. The number of hydrogen-bond acceptors (Lipinski definition) is 8. The Kier molecular flexibility index (Phi) is 17.3. The van der Waals surface area contributed by atoms with E-state index in [1.165, 1.54) is 0 Å². The van der Waals surface area contributed by atoms with Gasteiger partial charge in [-0.05, 0) is 12.8 Å². The number of phosphoric acid groups is 2. The minimum absolute atomic E-state index is 0.0217. The molecular formula is C18H38O9P2. The smallest absolute Gasteiger partial charge is 0.385 e. The van der Waals surface area contributed by atoms with E-state index in [4.69, 9.17) is 14.2 Å². The van der Waals surface area contributed by atoms with Gasteiger partial charge < -0.3 is 9.63 Å². The van der Waals surface area contributed by atoms with Crippen LogP contribution < -0.4 is 0 Å². The van der Waals surface area contributed by atoms with Crippen molar-refractivity contribution in [3.8, 4) is 0 Å².